The lowest BCUT2D eigenvalue weighted by Gasteiger charge is -2.35. The number of amides is 2. The minimum absolute atomic E-state index is 0. The first-order valence-corrected chi connectivity index (χ1v) is 9.51. The summed E-state index contributed by atoms with van der Waals surface area (Å²) in [6.45, 7) is 4.47. The predicted octanol–water partition coefficient (Wildman–Crippen LogP) is 2.80. The van der Waals surface area contributed by atoms with Crippen LogP contribution in [0.3, 0.4) is 0 Å². The second kappa shape index (κ2) is 7.86. The normalized spacial score (nSPS) is 30.0. The summed E-state index contributed by atoms with van der Waals surface area (Å²) in [6.07, 6.45) is 2.55. The van der Waals surface area contributed by atoms with E-state index in [1.54, 1.807) is 12.1 Å². The molecule has 3 aliphatic heterocycles. The highest BCUT2D eigenvalue weighted by molar-refractivity contribution is 6.34. The molecule has 2 N–H and O–H groups in total. The van der Waals surface area contributed by atoms with Crippen molar-refractivity contribution >= 4 is 41.5 Å². The van der Waals surface area contributed by atoms with E-state index in [0.29, 0.717) is 46.3 Å². The Morgan fingerprint density at radius 1 is 1.26 bits per heavy atom. The van der Waals surface area contributed by atoms with Gasteiger partial charge in [0.2, 0.25) is 5.91 Å². The van der Waals surface area contributed by atoms with Crippen molar-refractivity contribution in [2.75, 3.05) is 32.1 Å². The largest absolute Gasteiger partial charge is 0.496 e. The highest BCUT2D eigenvalue weighted by atomic mass is 35.5. The maximum absolute atomic E-state index is 12.7. The summed E-state index contributed by atoms with van der Waals surface area (Å²) in [5, 5.41) is 6.04. The number of ether oxygens (including phenoxy) is 1. The highest BCUT2D eigenvalue weighted by Gasteiger charge is 2.51. The minimum Gasteiger partial charge on any atom is -0.496 e. The van der Waals surface area contributed by atoms with E-state index in [2.05, 4.69) is 15.5 Å². The second-order valence-electron chi connectivity index (χ2n) is 7.69. The lowest BCUT2D eigenvalue weighted by molar-refractivity contribution is -0.114. The van der Waals surface area contributed by atoms with E-state index in [1.807, 2.05) is 0 Å². The Morgan fingerprint density at radius 3 is 2.48 bits per heavy atom. The summed E-state index contributed by atoms with van der Waals surface area (Å²) in [6, 6.07) is 3.93. The van der Waals surface area contributed by atoms with Crippen LogP contribution in [-0.4, -0.2) is 49.5 Å². The van der Waals surface area contributed by atoms with Crippen LogP contribution in [0.25, 0.3) is 0 Å². The van der Waals surface area contributed by atoms with E-state index in [4.69, 9.17) is 16.3 Å². The zero-order valence-electron chi connectivity index (χ0n) is 15.5. The third kappa shape index (κ3) is 3.75. The third-order valence-electron chi connectivity index (χ3n) is 6.16. The smallest absolute Gasteiger partial charge is 0.255 e. The van der Waals surface area contributed by atoms with Gasteiger partial charge in [-0.2, -0.15) is 0 Å². The highest BCUT2D eigenvalue weighted by Crippen LogP contribution is 2.48. The Morgan fingerprint density at radius 2 is 1.93 bits per heavy atom. The fourth-order valence-electron chi connectivity index (χ4n) is 5.05. The van der Waals surface area contributed by atoms with E-state index >= 15 is 0 Å². The Bertz CT molecular complexity index is 728. The molecule has 148 valence electrons. The lowest BCUT2D eigenvalue weighted by atomic mass is 9.73. The maximum Gasteiger partial charge on any atom is 0.255 e. The van der Waals surface area contributed by atoms with Crippen molar-refractivity contribution in [2.24, 2.45) is 17.8 Å². The molecule has 3 saturated heterocycles. The van der Waals surface area contributed by atoms with Crippen molar-refractivity contribution in [1.29, 1.82) is 0 Å². The molecule has 1 aromatic carbocycles. The molecule has 6 nitrogen and oxygen atoms in total. The molecule has 2 amide bonds. The van der Waals surface area contributed by atoms with Gasteiger partial charge in [-0.15, -0.1) is 12.4 Å². The van der Waals surface area contributed by atoms with E-state index in [1.165, 1.54) is 40.0 Å². The van der Waals surface area contributed by atoms with Gasteiger partial charge >= 0.3 is 0 Å². The molecule has 4 fully saturated rings. The van der Waals surface area contributed by atoms with Crippen LogP contribution in [0.5, 0.6) is 5.75 Å². The quantitative estimate of drug-likeness (QED) is 0.778. The van der Waals surface area contributed by atoms with Gasteiger partial charge < -0.3 is 15.4 Å². The van der Waals surface area contributed by atoms with Crippen LogP contribution in [0.15, 0.2) is 12.1 Å². The van der Waals surface area contributed by atoms with Crippen molar-refractivity contribution in [3.8, 4) is 5.75 Å². The Labute approximate surface area is 170 Å². The van der Waals surface area contributed by atoms with Crippen molar-refractivity contribution in [2.45, 2.75) is 25.8 Å². The number of halogens is 2. The van der Waals surface area contributed by atoms with Crippen LogP contribution in [-0.2, 0) is 4.79 Å². The average molecular weight is 414 g/mol. The molecule has 8 heteroatoms. The number of benzene rings is 1. The number of hydrogen-bond acceptors (Lipinski definition) is 4. The van der Waals surface area contributed by atoms with Gasteiger partial charge in [0.05, 0.1) is 23.4 Å². The van der Waals surface area contributed by atoms with Gasteiger partial charge in [0.1, 0.15) is 5.75 Å². The minimum atomic E-state index is -0.229. The molecule has 0 radical (unpaired) electrons. The Balaban J connectivity index is 0.00000210. The molecular formula is C19H25Cl2N3O3. The third-order valence-corrected chi connectivity index (χ3v) is 6.47. The molecule has 4 aliphatic rings. The van der Waals surface area contributed by atoms with Crippen molar-refractivity contribution in [3.63, 3.8) is 0 Å². The molecule has 1 saturated carbocycles. The van der Waals surface area contributed by atoms with E-state index in [9.17, 15) is 9.59 Å². The van der Waals surface area contributed by atoms with Gasteiger partial charge in [-0.3, -0.25) is 14.5 Å². The van der Waals surface area contributed by atoms with Gasteiger partial charge in [0.25, 0.3) is 5.91 Å². The molecule has 1 aromatic rings. The van der Waals surface area contributed by atoms with E-state index in [0.717, 1.165) is 6.04 Å². The van der Waals surface area contributed by atoms with Gasteiger partial charge in [0, 0.05) is 38.7 Å². The first kappa shape index (κ1) is 20.2. The number of nitrogens with one attached hydrogen (secondary N) is 2. The fourth-order valence-corrected chi connectivity index (χ4v) is 5.26. The van der Waals surface area contributed by atoms with E-state index < -0.39 is 0 Å². The maximum atomic E-state index is 12.7. The zero-order valence-corrected chi connectivity index (χ0v) is 17.0. The van der Waals surface area contributed by atoms with Gasteiger partial charge in [0.15, 0.2) is 0 Å². The monoisotopic (exact) mass is 413 g/mol. The number of piperidine rings is 1. The van der Waals surface area contributed by atoms with Crippen molar-refractivity contribution in [1.82, 2.24) is 10.2 Å². The molecule has 2 atom stereocenters. The number of rotatable bonds is 5. The molecule has 4 bridgehead atoms. The molecule has 1 aliphatic carbocycles. The standard InChI is InChI=1S/C19H24ClN3O3.ClH/c1-10(24)22-17-6-18(26-2)14(5-16(17)20)19(25)21-7-15-11-3-13-4-12(15)9-23(13)8-11;/h5-6,11-13,15H,3-4,7-9H2,1-2H3,(H,21,25)(H,22,24);1H. The summed E-state index contributed by atoms with van der Waals surface area (Å²) in [5.41, 5.74) is 0.827. The number of anilines is 1. The molecule has 0 aromatic heterocycles. The van der Waals surface area contributed by atoms with Gasteiger partial charge in [-0.1, -0.05) is 11.6 Å². The predicted molar refractivity (Wildman–Crippen MR) is 107 cm³/mol. The van der Waals surface area contributed by atoms with Crippen LogP contribution in [0.4, 0.5) is 5.69 Å². The zero-order chi connectivity index (χ0) is 18.4. The molecule has 5 rings (SSSR count). The van der Waals surface area contributed by atoms with Crippen LogP contribution in [0.2, 0.25) is 5.02 Å². The molecule has 3 heterocycles. The number of nitrogens with zero attached hydrogens (tertiary/aromatic N) is 1. The number of hydrogen-bond donors (Lipinski definition) is 2. The molecule has 0 spiro atoms. The number of methoxy groups -OCH3 is 1. The van der Waals surface area contributed by atoms with E-state index in [-0.39, 0.29) is 24.2 Å². The molecule has 27 heavy (non-hydrogen) atoms. The Kier molecular flexibility index (Phi) is 5.89. The van der Waals surface area contributed by atoms with Crippen LogP contribution in [0, 0.1) is 17.8 Å². The SMILES string of the molecule is COc1cc(NC(C)=O)c(Cl)cc1C(=O)NCC1C2CC3CC1CN3C2.Cl. The van der Waals surface area contributed by atoms with Crippen LogP contribution in [0.1, 0.15) is 30.1 Å². The number of carbonyl (C=O) groups excluding carboxylic acids is 2. The molecule has 2 unspecified atom stereocenters. The average Bonchev–Trinajstić information content (AvgIpc) is 3.08. The van der Waals surface area contributed by atoms with Crippen molar-refractivity contribution in [3.05, 3.63) is 22.7 Å². The van der Waals surface area contributed by atoms with Gasteiger partial charge in [-0.05, 0) is 36.7 Å². The summed E-state index contributed by atoms with van der Waals surface area (Å²) < 4.78 is 5.34. The summed E-state index contributed by atoms with van der Waals surface area (Å²) >= 11 is 6.22. The summed E-state index contributed by atoms with van der Waals surface area (Å²) in [4.78, 5) is 26.6. The molecular weight excluding hydrogens is 389 g/mol. The first-order valence-electron chi connectivity index (χ1n) is 9.13. The number of carbonyl (C=O) groups is 2. The second-order valence-corrected chi connectivity index (χ2v) is 8.09. The van der Waals surface area contributed by atoms with Crippen molar-refractivity contribution < 1.29 is 14.3 Å². The van der Waals surface area contributed by atoms with Crippen LogP contribution >= 0.6 is 24.0 Å². The first-order chi connectivity index (χ1) is 12.5. The topological polar surface area (TPSA) is 70.7 Å². The lowest BCUT2D eigenvalue weighted by Crippen LogP contribution is -2.42. The van der Waals surface area contributed by atoms with Gasteiger partial charge in [-0.25, -0.2) is 0 Å². The summed E-state index contributed by atoms with van der Waals surface area (Å²) in [7, 11) is 1.50. The Hall–Kier alpha value is -1.50. The fraction of sp³-hybridized carbons (Fsp3) is 0.579. The van der Waals surface area contributed by atoms with Crippen LogP contribution < -0.4 is 15.4 Å². The summed E-state index contributed by atoms with van der Waals surface area (Å²) in [5.74, 6) is 1.97.